The highest BCUT2D eigenvalue weighted by Crippen LogP contribution is 2.37. The van der Waals surface area contributed by atoms with Gasteiger partial charge in [-0.05, 0) is 49.3 Å². The number of hydrogen-bond acceptors (Lipinski definition) is 2. The molecule has 23 heavy (non-hydrogen) atoms. The molecular weight excluding hydrogens is 297 g/mol. The number of urea groups is 1. The Bertz CT molecular complexity index is 568. The molecule has 1 aromatic carbocycles. The van der Waals surface area contributed by atoms with Crippen molar-refractivity contribution in [3.8, 4) is 0 Å². The third kappa shape index (κ3) is 4.43. The Balaban J connectivity index is 1.53. The number of halogens is 1. The van der Waals surface area contributed by atoms with Gasteiger partial charge in [0.05, 0.1) is 12.6 Å². The van der Waals surface area contributed by atoms with Crippen LogP contribution in [-0.2, 0) is 4.79 Å². The minimum Gasteiger partial charge on any atom is -0.352 e. The summed E-state index contributed by atoms with van der Waals surface area (Å²) in [5.41, 5.74) is 0.897. The fourth-order valence-electron chi connectivity index (χ4n) is 2.78. The highest BCUT2D eigenvalue weighted by Gasteiger charge is 2.30. The summed E-state index contributed by atoms with van der Waals surface area (Å²) in [6, 6.07) is 6.01. The van der Waals surface area contributed by atoms with Crippen molar-refractivity contribution in [2.45, 2.75) is 44.2 Å². The molecule has 1 atom stereocenters. The van der Waals surface area contributed by atoms with Gasteiger partial charge < -0.3 is 16.0 Å². The number of amides is 3. The molecule has 3 rings (SSSR count). The van der Waals surface area contributed by atoms with E-state index >= 15 is 0 Å². The summed E-state index contributed by atoms with van der Waals surface area (Å²) in [5.74, 6) is -0.0848. The summed E-state index contributed by atoms with van der Waals surface area (Å²) in [5, 5.41) is 8.34. The average molecular weight is 319 g/mol. The molecule has 2 fully saturated rings. The first kappa shape index (κ1) is 15.8. The molecule has 2 aliphatic carbocycles. The zero-order valence-electron chi connectivity index (χ0n) is 13.0. The summed E-state index contributed by atoms with van der Waals surface area (Å²) in [6.07, 6.45) is 5.28. The van der Waals surface area contributed by atoms with Gasteiger partial charge in [0.15, 0.2) is 0 Å². The Hall–Kier alpha value is -2.11. The van der Waals surface area contributed by atoms with Gasteiger partial charge in [-0.3, -0.25) is 4.79 Å². The van der Waals surface area contributed by atoms with E-state index in [4.69, 9.17) is 0 Å². The van der Waals surface area contributed by atoms with Crippen molar-refractivity contribution in [2.75, 3.05) is 6.54 Å². The molecule has 124 valence electrons. The van der Waals surface area contributed by atoms with E-state index in [1.807, 2.05) is 0 Å². The van der Waals surface area contributed by atoms with Crippen LogP contribution in [-0.4, -0.2) is 24.5 Å². The van der Waals surface area contributed by atoms with Gasteiger partial charge in [-0.2, -0.15) is 0 Å². The van der Waals surface area contributed by atoms with E-state index < -0.39 is 0 Å². The quantitative estimate of drug-likeness (QED) is 0.752. The van der Waals surface area contributed by atoms with Gasteiger partial charge in [-0.15, -0.1) is 0 Å². The molecule has 0 radical (unpaired) electrons. The van der Waals surface area contributed by atoms with Crippen LogP contribution >= 0.6 is 0 Å². The third-order valence-corrected chi connectivity index (χ3v) is 4.49. The summed E-state index contributed by atoms with van der Waals surface area (Å²) >= 11 is 0. The standard InChI is InChI=1S/C17H22FN3O2/c18-13-6-4-12(5-7-13)16(11-2-1-3-11)21-17(23)19-10-15(22)20-14-8-9-14/h4-7,11,14,16H,1-3,8-10H2,(H,20,22)(H2,19,21,23)/t16-/m0/s1. The van der Waals surface area contributed by atoms with Crippen molar-refractivity contribution in [2.24, 2.45) is 5.92 Å². The second kappa shape index (κ2) is 6.98. The SMILES string of the molecule is O=C(CNC(=O)N[C@H](c1ccc(F)cc1)C1CCC1)NC1CC1. The summed E-state index contributed by atoms with van der Waals surface area (Å²) < 4.78 is 13.1. The van der Waals surface area contributed by atoms with Gasteiger partial charge in [-0.25, -0.2) is 9.18 Å². The Kier molecular flexibility index (Phi) is 4.79. The molecule has 5 nitrogen and oxygen atoms in total. The van der Waals surface area contributed by atoms with Gasteiger partial charge in [0, 0.05) is 6.04 Å². The van der Waals surface area contributed by atoms with Crippen LogP contribution in [0.15, 0.2) is 24.3 Å². The van der Waals surface area contributed by atoms with Crippen LogP contribution < -0.4 is 16.0 Å². The Morgan fingerprint density at radius 1 is 1.13 bits per heavy atom. The molecule has 2 saturated carbocycles. The maximum atomic E-state index is 13.1. The van der Waals surface area contributed by atoms with Crippen molar-refractivity contribution in [1.29, 1.82) is 0 Å². The van der Waals surface area contributed by atoms with Crippen molar-refractivity contribution in [3.05, 3.63) is 35.6 Å². The van der Waals surface area contributed by atoms with Crippen LogP contribution in [0.4, 0.5) is 9.18 Å². The first-order chi connectivity index (χ1) is 11.1. The van der Waals surface area contributed by atoms with Gasteiger partial charge >= 0.3 is 6.03 Å². The topological polar surface area (TPSA) is 70.2 Å². The molecule has 0 unspecified atom stereocenters. The van der Waals surface area contributed by atoms with E-state index in [9.17, 15) is 14.0 Å². The van der Waals surface area contributed by atoms with Gasteiger partial charge in [0.25, 0.3) is 0 Å². The molecule has 0 aromatic heterocycles. The smallest absolute Gasteiger partial charge is 0.315 e. The van der Waals surface area contributed by atoms with E-state index in [-0.39, 0.29) is 36.4 Å². The largest absolute Gasteiger partial charge is 0.352 e. The molecule has 0 spiro atoms. The van der Waals surface area contributed by atoms with Crippen LogP contribution in [0.2, 0.25) is 0 Å². The van der Waals surface area contributed by atoms with Gasteiger partial charge in [0.2, 0.25) is 5.91 Å². The van der Waals surface area contributed by atoms with E-state index in [0.29, 0.717) is 5.92 Å². The van der Waals surface area contributed by atoms with E-state index in [1.54, 1.807) is 12.1 Å². The zero-order chi connectivity index (χ0) is 16.2. The lowest BCUT2D eigenvalue weighted by atomic mass is 9.77. The lowest BCUT2D eigenvalue weighted by Crippen LogP contribution is -2.45. The number of rotatable bonds is 6. The van der Waals surface area contributed by atoms with Gasteiger partial charge in [-0.1, -0.05) is 18.6 Å². The number of carbonyl (C=O) groups excluding carboxylic acids is 2. The van der Waals surface area contributed by atoms with Crippen molar-refractivity contribution < 1.29 is 14.0 Å². The second-order valence-electron chi connectivity index (χ2n) is 6.39. The first-order valence-corrected chi connectivity index (χ1v) is 8.21. The third-order valence-electron chi connectivity index (χ3n) is 4.49. The molecule has 0 aliphatic heterocycles. The molecule has 6 heteroatoms. The van der Waals surface area contributed by atoms with Crippen LogP contribution in [0.25, 0.3) is 0 Å². The second-order valence-corrected chi connectivity index (χ2v) is 6.39. The molecule has 3 amide bonds. The molecule has 0 heterocycles. The normalized spacial score (nSPS) is 18.7. The van der Waals surface area contributed by atoms with E-state index in [1.165, 1.54) is 12.1 Å². The minimum atomic E-state index is -0.364. The van der Waals surface area contributed by atoms with Crippen molar-refractivity contribution >= 4 is 11.9 Å². The first-order valence-electron chi connectivity index (χ1n) is 8.21. The summed E-state index contributed by atoms with van der Waals surface area (Å²) in [7, 11) is 0. The Morgan fingerprint density at radius 2 is 1.83 bits per heavy atom. The average Bonchev–Trinajstić information content (AvgIpc) is 3.27. The summed E-state index contributed by atoms with van der Waals surface area (Å²) in [6.45, 7) is -0.0247. The van der Waals surface area contributed by atoms with Gasteiger partial charge in [0.1, 0.15) is 5.82 Å². The number of hydrogen-bond donors (Lipinski definition) is 3. The Morgan fingerprint density at radius 3 is 2.39 bits per heavy atom. The molecular formula is C17H22FN3O2. The monoisotopic (exact) mass is 319 g/mol. The molecule has 3 N–H and O–H groups in total. The zero-order valence-corrected chi connectivity index (χ0v) is 13.0. The van der Waals surface area contributed by atoms with E-state index in [2.05, 4.69) is 16.0 Å². The van der Waals surface area contributed by atoms with Crippen LogP contribution in [0.1, 0.15) is 43.7 Å². The number of carbonyl (C=O) groups is 2. The lowest BCUT2D eigenvalue weighted by molar-refractivity contribution is -0.120. The van der Waals surface area contributed by atoms with Crippen LogP contribution in [0, 0.1) is 11.7 Å². The molecule has 1 aromatic rings. The predicted molar refractivity (Wildman–Crippen MR) is 84.2 cm³/mol. The fourth-order valence-corrected chi connectivity index (χ4v) is 2.78. The molecule has 0 bridgehead atoms. The summed E-state index contributed by atoms with van der Waals surface area (Å²) in [4.78, 5) is 23.7. The van der Waals surface area contributed by atoms with Crippen LogP contribution in [0.3, 0.4) is 0 Å². The van der Waals surface area contributed by atoms with Crippen molar-refractivity contribution in [3.63, 3.8) is 0 Å². The minimum absolute atomic E-state index is 0.0247. The maximum Gasteiger partial charge on any atom is 0.315 e. The van der Waals surface area contributed by atoms with Crippen LogP contribution in [0.5, 0.6) is 0 Å². The maximum absolute atomic E-state index is 13.1. The predicted octanol–water partition coefficient (Wildman–Crippen LogP) is 2.24. The van der Waals surface area contributed by atoms with Crippen molar-refractivity contribution in [1.82, 2.24) is 16.0 Å². The fraction of sp³-hybridized carbons (Fsp3) is 0.529. The number of benzene rings is 1. The molecule has 2 aliphatic rings. The lowest BCUT2D eigenvalue weighted by Gasteiger charge is -2.34. The number of nitrogens with one attached hydrogen (secondary N) is 3. The molecule has 0 saturated heterocycles. The highest BCUT2D eigenvalue weighted by molar-refractivity contribution is 5.84. The highest BCUT2D eigenvalue weighted by atomic mass is 19.1. The van der Waals surface area contributed by atoms with E-state index in [0.717, 1.165) is 37.7 Å². The Labute approximate surface area is 135 Å².